The Morgan fingerprint density at radius 3 is 2.96 bits per heavy atom. The van der Waals surface area contributed by atoms with Gasteiger partial charge < -0.3 is 15.0 Å². The molecule has 140 valence electrons. The number of carbonyl (C=O) groups excluding carboxylic acids is 1. The van der Waals surface area contributed by atoms with Gasteiger partial charge in [0.25, 0.3) is 5.91 Å². The lowest BCUT2D eigenvalue weighted by molar-refractivity contribution is -0.125. The van der Waals surface area contributed by atoms with Crippen molar-refractivity contribution in [1.82, 2.24) is 20.2 Å². The second-order valence-electron chi connectivity index (χ2n) is 7.90. The lowest BCUT2D eigenvalue weighted by Gasteiger charge is -2.37. The van der Waals surface area contributed by atoms with Crippen LogP contribution in [0.15, 0.2) is 30.6 Å². The van der Waals surface area contributed by atoms with Gasteiger partial charge in [0.2, 0.25) is 5.88 Å². The van der Waals surface area contributed by atoms with Crippen LogP contribution >= 0.6 is 0 Å². The molecule has 1 aromatic carbocycles. The highest BCUT2D eigenvalue weighted by Gasteiger charge is 2.26. The molecule has 0 unspecified atom stereocenters. The Balaban J connectivity index is 1.54. The first-order valence-corrected chi connectivity index (χ1v) is 9.29. The highest BCUT2D eigenvalue weighted by Crippen LogP contribution is 2.21. The smallest absolute Gasteiger partial charge is 0.258 e. The summed E-state index contributed by atoms with van der Waals surface area (Å²) < 4.78 is 5.66. The highest BCUT2D eigenvalue weighted by atomic mass is 16.5. The van der Waals surface area contributed by atoms with Gasteiger partial charge in [0, 0.05) is 18.6 Å². The molecule has 1 aliphatic rings. The van der Waals surface area contributed by atoms with E-state index in [0.717, 1.165) is 36.5 Å². The summed E-state index contributed by atoms with van der Waals surface area (Å²) in [5, 5.41) is 3.90. The first-order valence-electron chi connectivity index (χ1n) is 9.29. The van der Waals surface area contributed by atoms with Crippen LogP contribution in [0.1, 0.15) is 33.6 Å². The minimum atomic E-state index is -0.300. The van der Waals surface area contributed by atoms with Crippen molar-refractivity contribution in [3.8, 4) is 5.88 Å². The molecule has 0 saturated carbocycles. The van der Waals surface area contributed by atoms with Gasteiger partial charge in [0.05, 0.1) is 10.9 Å². The number of amides is 1. The van der Waals surface area contributed by atoms with Gasteiger partial charge in [-0.25, -0.2) is 9.97 Å². The van der Waals surface area contributed by atoms with Crippen molar-refractivity contribution in [2.24, 2.45) is 5.92 Å². The maximum absolute atomic E-state index is 12.4. The van der Waals surface area contributed by atoms with E-state index in [4.69, 9.17) is 4.74 Å². The van der Waals surface area contributed by atoms with Crippen LogP contribution in [0.2, 0.25) is 0 Å². The number of piperidine rings is 1. The predicted molar refractivity (Wildman–Crippen MR) is 102 cm³/mol. The number of fused-ring (bicyclic) bond motifs is 1. The van der Waals surface area contributed by atoms with E-state index in [2.05, 4.69) is 41.0 Å². The zero-order valence-corrected chi connectivity index (χ0v) is 15.9. The molecule has 0 spiro atoms. The van der Waals surface area contributed by atoms with Crippen LogP contribution in [0.5, 0.6) is 5.88 Å². The molecule has 2 aromatic rings. The van der Waals surface area contributed by atoms with Crippen molar-refractivity contribution in [1.29, 1.82) is 0 Å². The fourth-order valence-corrected chi connectivity index (χ4v) is 3.67. The Hall–Kier alpha value is -2.21. The molecule has 0 radical (unpaired) electrons. The Morgan fingerprint density at radius 1 is 1.35 bits per heavy atom. The summed E-state index contributed by atoms with van der Waals surface area (Å²) in [6, 6.07) is 7.61. The number of nitrogens with zero attached hydrogens (tertiary/aromatic N) is 3. The summed E-state index contributed by atoms with van der Waals surface area (Å²) in [7, 11) is 0. The topological polar surface area (TPSA) is 67.4 Å². The number of benzene rings is 1. The Kier molecular flexibility index (Phi) is 5.71. The van der Waals surface area contributed by atoms with Gasteiger partial charge >= 0.3 is 0 Å². The second kappa shape index (κ2) is 7.99. The molecule has 6 nitrogen and oxygen atoms in total. The Bertz CT molecular complexity index is 757. The molecule has 0 aliphatic carbocycles. The maximum Gasteiger partial charge on any atom is 0.258 e. The first-order chi connectivity index (χ1) is 12.4. The van der Waals surface area contributed by atoms with Crippen LogP contribution in [-0.4, -0.2) is 52.6 Å². The summed E-state index contributed by atoms with van der Waals surface area (Å²) in [4.78, 5) is 23.2. The highest BCUT2D eigenvalue weighted by molar-refractivity contribution is 5.84. The SMILES string of the molecule is C[C@@H]1CCCN(CC(C)(C)NC(=O)COc2ncnc3ccccc23)C1. The molecule has 1 N–H and O–H groups in total. The summed E-state index contributed by atoms with van der Waals surface area (Å²) in [6.07, 6.45) is 3.98. The zero-order valence-electron chi connectivity index (χ0n) is 15.9. The first kappa shape index (κ1) is 18.6. The van der Waals surface area contributed by atoms with Crippen molar-refractivity contribution in [3.63, 3.8) is 0 Å². The second-order valence-corrected chi connectivity index (χ2v) is 7.90. The normalized spacial score (nSPS) is 18.7. The third kappa shape index (κ3) is 4.91. The van der Waals surface area contributed by atoms with Crippen LogP contribution in [0.25, 0.3) is 10.9 Å². The lowest BCUT2D eigenvalue weighted by atomic mass is 9.97. The standard InChI is InChI=1S/C20H28N4O2/c1-15-7-6-10-24(11-15)13-20(2,3)23-18(25)12-26-19-16-8-4-5-9-17(16)21-14-22-19/h4-5,8-9,14-15H,6-7,10-13H2,1-3H3,(H,23,25)/t15-/m1/s1. The quantitative estimate of drug-likeness (QED) is 0.862. The molecule has 26 heavy (non-hydrogen) atoms. The Morgan fingerprint density at radius 2 is 2.15 bits per heavy atom. The number of ether oxygens (including phenoxy) is 1. The molecule has 2 heterocycles. The number of carbonyl (C=O) groups is 1. The minimum Gasteiger partial charge on any atom is -0.467 e. The van der Waals surface area contributed by atoms with Gasteiger partial charge in [-0.05, 0) is 51.3 Å². The van der Waals surface area contributed by atoms with Crippen LogP contribution in [0.4, 0.5) is 0 Å². The number of hydrogen-bond acceptors (Lipinski definition) is 5. The largest absolute Gasteiger partial charge is 0.467 e. The molecule has 6 heteroatoms. The Labute approximate surface area is 155 Å². The van der Waals surface area contributed by atoms with E-state index in [1.165, 1.54) is 19.2 Å². The number of likely N-dealkylation sites (tertiary alicyclic amines) is 1. The van der Waals surface area contributed by atoms with E-state index in [9.17, 15) is 4.79 Å². The number of para-hydroxylation sites is 1. The fourth-order valence-electron chi connectivity index (χ4n) is 3.67. The van der Waals surface area contributed by atoms with Gasteiger partial charge in [0.15, 0.2) is 6.61 Å². The van der Waals surface area contributed by atoms with Crippen LogP contribution in [0, 0.1) is 5.92 Å². The minimum absolute atomic E-state index is 0.0547. The number of nitrogens with one attached hydrogen (secondary N) is 1. The number of rotatable bonds is 6. The molecular weight excluding hydrogens is 328 g/mol. The molecule has 3 rings (SSSR count). The van der Waals surface area contributed by atoms with Crippen molar-refractivity contribution in [3.05, 3.63) is 30.6 Å². The van der Waals surface area contributed by atoms with Crippen LogP contribution < -0.4 is 10.1 Å². The van der Waals surface area contributed by atoms with Gasteiger partial charge in [-0.3, -0.25) is 4.79 Å². The summed E-state index contributed by atoms with van der Waals surface area (Å²) >= 11 is 0. The number of aromatic nitrogens is 2. The summed E-state index contributed by atoms with van der Waals surface area (Å²) in [5.74, 6) is 1.03. The number of hydrogen-bond donors (Lipinski definition) is 1. The fraction of sp³-hybridized carbons (Fsp3) is 0.550. The molecule has 0 bridgehead atoms. The average Bonchev–Trinajstić information content (AvgIpc) is 2.59. The monoisotopic (exact) mass is 356 g/mol. The predicted octanol–water partition coefficient (Wildman–Crippen LogP) is 2.64. The van der Waals surface area contributed by atoms with E-state index in [1.54, 1.807) is 0 Å². The molecule has 1 aliphatic heterocycles. The van der Waals surface area contributed by atoms with Gasteiger partial charge in [0.1, 0.15) is 6.33 Å². The molecule has 1 aromatic heterocycles. The van der Waals surface area contributed by atoms with E-state index in [1.807, 2.05) is 24.3 Å². The van der Waals surface area contributed by atoms with Gasteiger partial charge in [-0.15, -0.1) is 0 Å². The van der Waals surface area contributed by atoms with E-state index in [0.29, 0.717) is 5.88 Å². The molecule has 1 atom stereocenters. The molecule has 1 amide bonds. The van der Waals surface area contributed by atoms with Crippen LogP contribution in [0.3, 0.4) is 0 Å². The van der Waals surface area contributed by atoms with Gasteiger partial charge in [-0.2, -0.15) is 0 Å². The van der Waals surface area contributed by atoms with Gasteiger partial charge in [-0.1, -0.05) is 19.1 Å². The molecule has 1 fully saturated rings. The third-order valence-electron chi connectivity index (χ3n) is 4.68. The summed E-state index contributed by atoms with van der Waals surface area (Å²) in [6.45, 7) is 9.41. The lowest BCUT2D eigenvalue weighted by Crippen LogP contribution is -2.54. The molecule has 1 saturated heterocycles. The summed E-state index contributed by atoms with van der Waals surface area (Å²) in [5.41, 5.74) is 0.503. The van der Waals surface area contributed by atoms with Crippen molar-refractivity contribution in [2.75, 3.05) is 26.2 Å². The average molecular weight is 356 g/mol. The van der Waals surface area contributed by atoms with E-state index < -0.39 is 0 Å². The van der Waals surface area contributed by atoms with Crippen molar-refractivity contribution < 1.29 is 9.53 Å². The van der Waals surface area contributed by atoms with E-state index in [-0.39, 0.29) is 18.1 Å². The third-order valence-corrected chi connectivity index (χ3v) is 4.68. The van der Waals surface area contributed by atoms with Crippen LogP contribution in [-0.2, 0) is 4.79 Å². The van der Waals surface area contributed by atoms with Crippen molar-refractivity contribution in [2.45, 2.75) is 39.2 Å². The zero-order chi connectivity index (χ0) is 18.6. The maximum atomic E-state index is 12.4. The van der Waals surface area contributed by atoms with Crippen molar-refractivity contribution >= 4 is 16.8 Å². The van der Waals surface area contributed by atoms with E-state index >= 15 is 0 Å². The molecular formula is C20H28N4O2.